The van der Waals surface area contributed by atoms with Gasteiger partial charge < -0.3 is 9.30 Å². The number of imidazole rings is 1. The lowest BCUT2D eigenvalue weighted by molar-refractivity contribution is 0.139. The normalized spacial score (nSPS) is 15.4. The molecule has 0 saturated heterocycles. The van der Waals surface area contributed by atoms with E-state index in [4.69, 9.17) is 21.3 Å². The third-order valence-electron chi connectivity index (χ3n) is 3.35. The highest BCUT2D eigenvalue weighted by Gasteiger charge is 2.29. The lowest BCUT2D eigenvalue weighted by Gasteiger charge is -2.08. The zero-order valence-electron chi connectivity index (χ0n) is 10.5. The second-order valence-corrected chi connectivity index (χ2v) is 5.16. The van der Waals surface area contributed by atoms with Crippen molar-refractivity contribution in [2.75, 3.05) is 13.2 Å². The zero-order chi connectivity index (χ0) is 12.5. The molecule has 1 heterocycles. The number of hydrogen-bond donors (Lipinski definition) is 0. The van der Waals surface area contributed by atoms with Gasteiger partial charge in [0.15, 0.2) is 0 Å². The standard InChI is InChI=1S/C14H17ClN2O/c1-2-18-8-7-17-13-9-11(15)5-6-12(13)16-14(17)10-3-4-10/h5-6,9-10H,2-4,7-8H2,1H3. The maximum absolute atomic E-state index is 6.08. The zero-order valence-corrected chi connectivity index (χ0v) is 11.3. The highest BCUT2D eigenvalue weighted by atomic mass is 35.5. The quantitative estimate of drug-likeness (QED) is 0.772. The first-order valence-corrected chi connectivity index (χ1v) is 6.91. The Kier molecular flexibility index (Phi) is 3.27. The molecule has 0 bridgehead atoms. The topological polar surface area (TPSA) is 27.1 Å². The first-order chi connectivity index (χ1) is 8.79. The third kappa shape index (κ3) is 2.25. The summed E-state index contributed by atoms with van der Waals surface area (Å²) in [5.41, 5.74) is 2.17. The van der Waals surface area contributed by atoms with E-state index in [0.29, 0.717) is 5.92 Å². The fourth-order valence-corrected chi connectivity index (χ4v) is 2.47. The molecule has 18 heavy (non-hydrogen) atoms. The monoisotopic (exact) mass is 264 g/mol. The highest BCUT2D eigenvalue weighted by molar-refractivity contribution is 6.31. The van der Waals surface area contributed by atoms with E-state index >= 15 is 0 Å². The van der Waals surface area contributed by atoms with Gasteiger partial charge in [-0.05, 0) is 38.0 Å². The number of rotatable bonds is 5. The third-order valence-corrected chi connectivity index (χ3v) is 3.58. The van der Waals surface area contributed by atoms with E-state index in [2.05, 4.69) is 4.57 Å². The fraction of sp³-hybridized carbons (Fsp3) is 0.500. The van der Waals surface area contributed by atoms with Crippen LogP contribution in [-0.4, -0.2) is 22.8 Å². The Labute approximate surface area is 112 Å². The summed E-state index contributed by atoms with van der Waals surface area (Å²) in [6.45, 7) is 4.36. The van der Waals surface area contributed by atoms with E-state index in [-0.39, 0.29) is 0 Å². The van der Waals surface area contributed by atoms with Gasteiger partial charge in [0, 0.05) is 24.1 Å². The molecule has 1 saturated carbocycles. The molecule has 0 radical (unpaired) electrons. The minimum Gasteiger partial charge on any atom is -0.380 e. The summed E-state index contributed by atoms with van der Waals surface area (Å²) >= 11 is 6.08. The summed E-state index contributed by atoms with van der Waals surface area (Å²) in [5, 5.41) is 0.766. The number of nitrogens with zero attached hydrogens (tertiary/aromatic N) is 2. The Bertz CT molecular complexity index is 560. The molecule has 0 aliphatic heterocycles. The number of ether oxygens (including phenoxy) is 1. The molecule has 1 aromatic carbocycles. The summed E-state index contributed by atoms with van der Waals surface area (Å²) in [6.07, 6.45) is 2.51. The second kappa shape index (κ2) is 4.90. The summed E-state index contributed by atoms with van der Waals surface area (Å²) in [5.74, 6) is 1.84. The van der Waals surface area contributed by atoms with E-state index < -0.39 is 0 Å². The van der Waals surface area contributed by atoms with Gasteiger partial charge in [0.05, 0.1) is 17.6 Å². The van der Waals surface area contributed by atoms with Crippen LogP contribution in [0.4, 0.5) is 0 Å². The smallest absolute Gasteiger partial charge is 0.113 e. The Hall–Kier alpha value is -1.06. The van der Waals surface area contributed by atoms with Crippen LogP contribution >= 0.6 is 11.6 Å². The molecular formula is C14H17ClN2O. The van der Waals surface area contributed by atoms with Gasteiger partial charge in [-0.2, -0.15) is 0 Å². The molecule has 0 N–H and O–H groups in total. The van der Waals surface area contributed by atoms with Crippen molar-refractivity contribution >= 4 is 22.6 Å². The van der Waals surface area contributed by atoms with Crippen LogP contribution in [0.5, 0.6) is 0 Å². The summed E-state index contributed by atoms with van der Waals surface area (Å²) in [6, 6.07) is 5.91. The van der Waals surface area contributed by atoms with Gasteiger partial charge in [0.2, 0.25) is 0 Å². The van der Waals surface area contributed by atoms with Crippen molar-refractivity contribution < 1.29 is 4.74 Å². The van der Waals surface area contributed by atoms with Crippen molar-refractivity contribution in [2.24, 2.45) is 0 Å². The largest absolute Gasteiger partial charge is 0.380 e. The lowest BCUT2D eigenvalue weighted by Crippen LogP contribution is -2.08. The first-order valence-electron chi connectivity index (χ1n) is 6.53. The average molecular weight is 265 g/mol. The van der Waals surface area contributed by atoms with Crippen LogP contribution in [0.2, 0.25) is 5.02 Å². The van der Waals surface area contributed by atoms with Gasteiger partial charge >= 0.3 is 0 Å². The molecule has 3 rings (SSSR count). The predicted molar refractivity (Wildman–Crippen MR) is 73.2 cm³/mol. The Morgan fingerprint density at radius 2 is 2.28 bits per heavy atom. The number of aromatic nitrogens is 2. The van der Waals surface area contributed by atoms with Crippen LogP contribution in [0, 0.1) is 0 Å². The number of fused-ring (bicyclic) bond motifs is 1. The van der Waals surface area contributed by atoms with Crippen LogP contribution in [0.25, 0.3) is 11.0 Å². The van der Waals surface area contributed by atoms with Crippen LogP contribution < -0.4 is 0 Å². The molecule has 1 aromatic heterocycles. The van der Waals surface area contributed by atoms with E-state index in [1.807, 2.05) is 25.1 Å². The SMILES string of the molecule is CCOCCn1c(C2CC2)nc2ccc(Cl)cc21. The number of halogens is 1. The Morgan fingerprint density at radius 1 is 1.44 bits per heavy atom. The van der Waals surface area contributed by atoms with E-state index in [1.165, 1.54) is 18.7 Å². The minimum absolute atomic E-state index is 0.637. The molecule has 2 aromatic rings. The number of benzene rings is 1. The maximum atomic E-state index is 6.08. The van der Waals surface area contributed by atoms with Gasteiger partial charge in [0.25, 0.3) is 0 Å². The molecule has 0 spiro atoms. The minimum atomic E-state index is 0.637. The summed E-state index contributed by atoms with van der Waals surface area (Å²) in [4.78, 5) is 4.74. The molecule has 3 nitrogen and oxygen atoms in total. The van der Waals surface area contributed by atoms with Crippen LogP contribution in [0.1, 0.15) is 31.5 Å². The first kappa shape index (κ1) is 12.0. The van der Waals surface area contributed by atoms with Crippen molar-refractivity contribution in [3.8, 4) is 0 Å². The second-order valence-electron chi connectivity index (χ2n) is 4.73. The van der Waals surface area contributed by atoms with Gasteiger partial charge in [-0.15, -0.1) is 0 Å². The molecule has 0 unspecified atom stereocenters. The van der Waals surface area contributed by atoms with Crippen molar-refractivity contribution in [3.63, 3.8) is 0 Å². The van der Waals surface area contributed by atoms with Crippen molar-refractivity contribution in [3.05, 3.63) is 29.0 Å². The fourth-order valence-electron chi connectivity index (χ4n) is 2.30. The van der Waals surface area contributed by atoms with Crippen molar-refractivity contribution in [2.45, 2.75) is 32.2 Å². The molecule has 4 heteroatoms. The molecule has 1 aliphatic rings. The average Bonchev–Trinajstić information content (AvgIpc) is 3.14. The van der Waals surface area contributed by atoms with Crippen molar-refractivity contribution in [1.29, 1.82) is 0 Å². The Balaban J connectivity index is 2.00. The summed E-state index contributed by atoms with van der Waals surface area (Å²) in [7, 11) is 0. The highest BCUT2D eigenvalue weighted by Crippen LogP contribution is 2.40. The van der Waals surface area contributed by atoms with E-state index in [0.717, 1.165) is 35.8 Å². The maximum Gasteiger partial charge on any atom is 0.113 e. The van der Waals surface area contributed by atoms with Gasteiger partial charge in [0.1, 0.15) is 5.82 Å². The van der Waals surface area contributed by atoms with Gasteiger partial charge in [-0.1, -0.05) is 11.6 Å². The molecule has 0 amide bonds. The van der Waals surface area contributed by atoms with Gasteiger partial charge in [-0.25, -0.2) is 4.98 Å². The van der Waals surface area contributed by atoms with E-state index in [1.54, 1.807) is 0 Å². The number of hydrogen-bond acceptors (Lipinski definition) is 2. The van der Waals surface area contributed by atoms with Crippen molar-refractivity contribution in [1.82, 2.24) is 9.55 Å². The summed E-state index contributed by atoms with van der Waals surface area (Å²) < 4.78 is 7.73. The van der Waals surface area contributed by atoms with Crippen LogP contribution in [0.15, 0.2) is 18.2 Å². The van der Waals surface area contributed by atoms with Crippen LogP contribution in [-0.2, 0) is 11.3 Å². The Morgan fingerprint density at radius 3 is 3.00 bits per heavy atom. The van der Waals surface area contributed by atoms with Crippen LogP contribution in [0.3, 0.4) is 0 Å². The molecular weight excluding hydrogens is 248 g/mol. The lowest BCUT2D eigenvalue weighted by atomic mass is 10.3. The van der Waals surface area contributed by atoms with Gasteiger partial charge in [-0.3, -0.25) is 0 Å². The molecule has 1 aliphatic carbocycles. The van der Waals surface area contributed by atoms with E-state index in [9.17, 15) is 0 Å². The molecule has 1 fully saturated rings. The predicted octanol–water partition coefficient (Wildman–Crippen LogP) is 3.60. The molecule has 0 atom stereocenters. The molecule has 96 valence electrons.